The number of anilines is 3. The summed E-state index contributed by atoms with van der Waals surface area (Å²) in [4.78, 5) is 25.8. The Bertz CT molecular complexity index is 820. The maximum Gasteiger partial charge on any atom is 0.270 e. The van der Waals surface area contributed by atoms with Crippen LogP contribution in [0.2, 0.25) is 0 Å². The highest BCUT2D eigenvalue weighted by molar-refractivity contribution is 5.93. The van der Waals surface area contributed by atoms with Crippen LogP contribution in [0.3, 0.4) is 0 Å². The van der Waals surface area contributed by atoms with Crippen molar-refractivity contribution in [2.75, 3.05) is 43.4 Å². The predicted octanol–water partition coefficient (Wildman–Crippen LogP) is 2.81. The molecular formula is C21H30N6O. The van der Waals surface area contributed by atoms with Gasteiger partial charge in [-0.05, 0) is 59.0 Å². The van der Waals surface area contributed by atoms with Gasteiger partial charge in [0.05, 0.1) is 0 Å². The number of carbonyl (C=O) groups is 1. The van der Waals surface area contributed by atoms with Gasteiger partial charge in [0.1, 0.15) is 17.3 Å². The second-order valence-electron chi connectivity index (χ2n) is 8.35. The van der Waals surface area contributed by atoms with Gasteiger partial charge in [0.15, 0.2) is 0 Å². The summed E-state index contributed by atoms with van der Waals surface area (Å²) < 4.78 is 0. The van der Waals surface area contributed by atoms with E-state index in [-0.39, 0.29) is 11.4 Å². The smallest absolute Gasteiger partial charge is 0.270 e. The van der Waals surface area contributed by atoms with Crippen LogP contribution in [0.15, 0.2) is 30.3 Å². The number of benzene rings is 1. The van der Waals surface area contributed by atoms with Gasteiger partial charge in [-0.3, -0.25) is 4.79 Å². The molecule has 2 N–H and O–H groups in total. The van der Waals surface area contributed by atoms with Crippen molar-refractivity contribution in [3.63, 3.8) is 0 Å². The van der Waals surface area contributed by atoms with Crippen LogP contribution in [0.5, 0.6) is 0 Å². The molecule has 1 amide bonds. The molecule has 1 saturated heterocycles. The third kappa shape index (κ3) is 5.42. The first kappa shape index (κ1) is 20.1. The summed E-state index contributed by atoms with van der Waals surface area (Å²) in [6.07, 6.45) is 0. The monoisotopic (exact) mass is 382 g/mol. The Labute approximate surface area is 167 Å². The van der Waals surface area contributed by atoms with Crippen LogP contribution in [0, 0.1) is 6.92 Å². The molecular weight excluding hydrogens is 352 g/mol. The van der Waals surface area contributed by atoms with Crippen LogP contribution in [-0.4, -0.2) is 59.5 Å². The Kier molecular flexibility index (Phi) is 5.84. The molecule has 1 aliphatic rings. The molecule has 1 aromatic carbocycles. The lowest BCUT2D eigenvalue weighted by molar-refractivity contribution is 0.0914. The number of aryl methyl sites for hydroxylation is 1. The molecule has 0 bridgehead atoms. The highest BCUT2D eigenvalue weighted by Crippen LogP contribution is 2.22. The fraction of sp³-hybridized carbons (Fsp3) is 0.476. The molecule has 28 heavy (non-hydrogen) atoms. The van der Waals surface area contributed by atoms with Gasteiger partial charge in [-0.2, -0.15) is 0 Å². The van der Waals surface area contributed by atoms with E-state index in [0.29, 0.717) is 17.3 Å². The highest BCUT2D eigenvalue weighted by Gasteiger charge is 2.18. The molecule has 0 atom stereocenters. The third-order valence-electron chi connectivity index (χ3n) is 4.57. The number of hydrogen-bond donors (Lipinski definition) is 2. The van der Waals surface area contributed by atoms with Crippen LogP contribution in [0.25, 0.3) is 0 Å². The minimum absolute atomic E-state index is 0.202. The number of aromatic nitrogens is 2. The molecule has 0 aliphatic carbocycles. The lowest BCUT2D eigenvalue weighted by atomic mass is 10.1. The normalized spacial score (nSPS) is 15.4. The van der Waals surface area contributed by atoms with Crippen LogP contribution >= 0.6 is 0 Å². The van der Waals surface area contributed by atoms with Gasteiger partial charge >= 0.3 is 0 Å². The van der Waals surface area contributed by atoms with E-state index in [1.165, 1.54) is 5.69 Å². The van der Waals surface area contributed by atoms with E-state index in [1.807, 2.05) is 32.9 Å². The summed E-state index contributed by atoms with van der Waals surface area (Å²) in [5.74, 6) is 0.962. The number of hydrogen-bond acceptors (Lipinski definition) is 6. The lowest BCUT2D eigenvalue weighted by Gasteiger charge is -2.34. The second-order valence-corrected chi connectivity index (χ2v) is 8.35. The Balaban J connectivity index is 1.70. The van der Waals surface area contributed by atoms with E-state index in [2.05, 4.69) is 49.6 Å². The maximum absolute atomic E-state index is 12.4. The molecule has 0 spiro atoms. The highest BCUT2D eigenvalue weighted by atomic mass is 16.2. The molecule has 2 heterocycles. The third-order valence-corrected chi connectivity index (χ3v) is 4.57. The molecule has 1 fully saturated rings. The van der Waals surface area contributed by atoms with Crippen molar-refractivity contribution >= 4 is 23.1 Å². The van der Waals surface area contributed by atoms with Crippen molar-refractivity contribution in [2.45, 2.75) is 33.2 Å². The number of piperazine rings is 1. The molecule has 1 aliphatic heterocycles. The lowest BCUT2D eigenvalue weighted by Crippen LogP contribution is -2.44. The SMILES string of the molecule is Cc1nc(Nc2ccc(N3CCN(C)CC3)cc2)cc(C(=O)NC(C)(C)C)n1. The van der Waals surface area contributed by atoms with E-state index in [9.17, 15) is 4.79 Å². The Morgan fingerprint density at radius 1 is 1.04 bits per heavy atom. The van der Waals surface area contributed by atoms with Crippen molar-refractivity contribution in [2.24, 2.45) is 0 Å². The average molecular weight is 383 g/mol. The minimum Gasteiger partial charge on any atom is -0.369 e. The molecule has 0 saturated carbocycles. The zero-order valence-corrected chi connectivity index (χ0v) is 17.4. The quantitative estimate of drug-likeness (QED) is 0.847. The fourth-order valence-corrected chi connectivity index (χ4v) is 3.12. The van der Waals surface area contributed by atoms with Crippen molar-refractivity contribution in [3.05, 3.63) is 41.9 Å². The Morgan fingerprint density at radius 2 is 1.68 bits per heavy atom. The average Bonchev–Trinajstić information content (AvgIpc) is 2.61. The number of carbonyl (C=O) groups excluding carboxylic acids is 1. The molecule has 0 radical (unpaired) electrons. The zero-order chi connectivity index (χ0) is 20.3. The molecule has 1 aromatic heterocycles. The van der Waals surface area contributed by atoms with Crippen LogP contribution < -0.4 is 15.5 Å². The first-order valence-corrected chi connectivity index (χ1v) is 9.68. The Hall–Kier alpha value is -2.67. The summed E-state index contributed by atoms with van der Waals surface area (Å²) in [5.41, 5.74) is 2.20. The van der Waals surface area contributed by atoms with Crippen molar-refractivity contribution in [1.29, 1.82) is 0 Å². The number of amides is 1. The summed E-state index contributed by atoms with van der Waals surface area (Å²) in [5, 5.41) is 6.22. The first-order chi connectivity index (χ1) is 13.2. The predicted molar refractivity (Wildman–Crippen MR) is 113 cm³/mol. The van der Waals surface area contributed by atoms with E-state index < -0.39 is 0 Å². The molecule has 7 heteroatoms. The van der Waals surface area contributed by atoms with Crippen molar-refractivity contribution in [1.82, 2.24) is 20.2 Å². The molecule has 7 nitrogen and oxygen atoms in total. The van der Waals surface area contributed by atoms with Gasteiger partial charge in [0.2, 0.25) is 0 Å². The molecule has 150 valence electrons. The van der Waals surface area contributed by atoms with Crippen LogP contribution in [0.1, 0.15) is 37.1 Å². The van der Waals surface area contributed by atoms with Gasteiger partial charge in [-0.15, -0.1) is 0 Å². The van der Waals surface area contributed by atoms with Gasteiger partial charge in [0.25, 0.3) is 5.91 Å². The van der Waals surface area contributed by atoms with Gasteiger partial charge in [-0.1, -0.05) is 0 Å². The van der Waals surface area contributed by atoms with Gasteiger partial charge in [-0.25, -0.2) is 9.97 Å². The number of nitrogens with one attached hydrogen (secondary N) is 2. The first-order valence-electron chi connectivity index (χ1n) is 9.68. The molecule has 0 unspecified atom stereocenters. The number of rotatable bonds is 4. The van der Waals surface area contributed by atoms with Crippen molar-refractivity contribution in [3.8, 4) is 0 Å². The van der Waals surface area contributed by atoms with E-state index in [0.717, 1.165) is 31.9 Å². The summed E-state index contributed by atoms with van der Waals surface area (Å²) in [7, 11) is 2.16. The number of likely N-dealkylation sites (N-methyl/N-ethyl adjacent to an activating group) is 1. The summed E-state index contributed by atoms with van der Waals surface area (Å²) in [6.45, 7) is 11.9. The van der Waals surface area contributed by atoms with E-state index in [4.69, 9.17) is 0 Å². The summed E-state index contributed by atoms with van der Waals surface area (Å²) >= 11 is 0. The van der Waals surface area contributed by atoms with E-state index in [1.54, 1.807) is 13.0 Å². The second kappa shape index (κ2) is 8.14. The zero-order valence-electron chi connectivity index (χ0n) is 17.4. The molecule has 3 rings (SSSR count). The van der Waals surface area contributed by atoms with Crippen LogP contribution in [-0.2, 0) is 0 Å². The van der Waals surface area contributed by atoms with Crippen molar-refractivity contribution < 1.29 is 4.79 Å². The van der Waals surface area contributed by atoms with E-state index >= 15 is 0 Å². The minimum atomic E-state index is -0.317. The molecule has 2 aromatic rings. The number of nitrogens with zero attached hydrogens (tertiary/aromatic N) is 4. The maximum atomic E-state index is 12.4. The summed E-state index contributed by atoms with van der Waals surface area (Å²) in [6, 6.07) is 10.0. The standard InChI is InChI=1S/C21H30N6O/c1-15-22-18(20(28)25-21(2,3)4)14-19(23-15)24-16-6-8-17(9-7-16)27-12-10-26(5)11-13-27/h6-9,14H,10-13H2,1-5H3,(H,25,28)(H,22,23,24). The Morgan fingerprint density at radius 3 is 2.29 bits per heavy atom. The van der Waals surface area contributed by atoms with Crippen LogP contribution in [0.4, 0.5) is 17.2 Å². The fourth-order valence-electron chi connectivity index (χ4n) is 3.12. The largest absolute Gasteiger partial charge is 0.369 e. The van der Waals surface area contributed by atoms with Gasteiger partial charge < -0.3 is 20.4 Å². The topological polar surface area (TPSA) is 73.4 Å². The van der Waals surface area contributed by atoms with Gasteiger partial charge in [0, 0.05) is 49.2 Å².